The van der Waals surface area contributed by atoms with E-state index in [-0.39, 0.29) is 17.8 Å². The third-order valence-corrected chi connectivity index (χ3v) is 5.29. The molecule has 0 aliphatic rings. The number of halogens is 1. The minimum atomic E-state index is -0.292. The van der Waals surface area contributed by atoms with Crippen LogP contribution in [0.3, 0.4) is 0 Å². The molecule has 0 saturated heterocycles. The lowest BCUT2D eigenvalue weighted by molar-refractivity contribution is 0.102. The van der Waals surface area contributed by atoms with Crippen LogP contribution in [0, 0.1) is 12.7 Å². The second-order valence-electron chi connectivity index (χ2n) is 5.54. The first kappa shape index (κ1) is 15.7. The fourth-order valence-electron chi connectivity index (χ4n) is 2.58. The van der Waals surface area contributed by atoms with E-state index in [1.807, 2.05) is 13.0 Å². The average Bonchev–Trinajstić information content (AvgIpc) is 3.12. The fourth-order valence-corrected chi connectivity index (χ4v) is 3.70. The zero-order valence-electron chi connectivity index (χ0n) is 13.3. The van der Waals surface area contributed by atoms with Crippen molar-refractivity contribution in [1.82, 2.24) is 9.78 Å². The van der Waals surface area contributed by atoms with E-state index in [1.165, 1.54) is 17.4 Å². The van der Waals surface area contributed by atoms with Gasteiger partial charge in [0, 0.05) is 16.2 Å². The standard InChI is InChI=1S/C17H18FN3OS/c1-4-10(2)21-14(8-9-19-21)20-17(22)16-11(3)15-12(18)6-5-7-13(15)23-16/h5-10H,4H2,1-3H3,(H,20,22). The Morgan fingerprint density at radius 2 is 2.22 bits per heavy atom. The third kappa shape index (κ3) is 2.74. The second-order valence-corrected chi connectivity index (χ2v) is 6.59. The molecule has 1 aromatic carbocycles. The summed E-state index contributed by atoms with van der Waals surface area (Å²) < 4.78 is 16.6. The molecule has 4 nitrogen and oxygen atoms in total. The number of benzene rings is 1. The number of amides is 1. The van der Waals surface area contributed by atoms with Crippen LogP contribution in [0.4, 0.5) is 10.2 Å². The SMILES string of the molecule is CCC(C)n1nccc1NC(=O)c1sc2cccc(F)c2c1C. The van der Waals surface area contributed by atoms with Crippen molar-refractivity contribution >= 4 is 33.1 Å². The van der Waals surface area contributed by atoms with Crippen molar-refractivity contribution in [3.8, 4) is 0 Å². The molecule has 0 saturated carbocycles. The molecule has 0 radical (unpaired) electrons. The Labute approximate surface area is 137 Å². The van der Waals surface area contributed by atoms with E-state index in [0.29, 0.717) is 21.6 Å². The molecule has 23 heavy (non-hydrogen) atoms. The summed E-state index contributed by atoms with van der Waals surface area (Å²) >= 11 is 1.31. The lowest BCUT2D eigenvalue weighted by atomic mass is 10.1. The average molecular weight is 331 g/mol. The van der Waals surface area contributed by atoms with Gasteiger partial charge >= 0.3 is 0 Å². The summed E-state index contributed by atoms with van der Waals surface area (Å²) in [6.45, 7) is 5.89. The number of carbonyl (C=O) groups is 1. The van der Waals surface area contributed by atoms with Gasteiger partial charge in [-0.25, -0.2) is 9.07 Å². The van der Waals surface area contributed by atoms with Crippen molar-refractivity contribution in [2.24, 2.45) is 0 Å². The normalized spacial score (nSPS) is 12.5. The molecule has 6 heteroatoms. The molecule has 2 aromatic heterocycles. The van der Waals surface area contributed by atoms with Crippen LogP contribution in [0.25, 0.3) is 10.1 Å². The molecule has 0 aliphatic carbocycles. The first-order valence-electron chi connectivity index (χ1n) is 7.55. The zero-order valence-corrected chi connectivity index (χ0v) is 14.1. The highest BCUT2D eigenvalue weighted by Crippen LogP contribution is 2.33. The Balaban J connectivity index is 1.95. The summed E-state index contributed by atoms with van der Waals surface area (Å²) in [6.07, 6.45) is 2.58. The van der Waals surface area contributed by atoms with Gasteiger partial charge < -0.3 is 5.32 Å². The van der Waals surface area contributed by atoms with E-state index in [9.17, 15) is 9.18 Å². The van der Waals surface area contributed by atoms with Crippen LogP contribution in [0.5, 0.6) is 0 Å². The van der Waals surface area contributed by atoms with Crippen LogP contribution in [-0.2, 0) is 0 Å². The highest BCUT2D eigenvalue weighted by atomic mass is 32.1. The van der Waals surface area contributed by atoms with Gasteiger partial charge in [-0.2, -0.15) is 5.10 Å². The van der Waals surface area contributed by atoms with Gasteiger partial charge in [-0.05, 0) is 38.0 Å². The number of thiophene rings is 1. The smallest absolute Gasteiger partial charge is 0.267 e. The molecule has 0 fully saturated rings. The maximum atomic E-state index is 14.0. The number of nitrogens with zero attached hydrogens (tertiary/aromatic N) is 2. The molecule has 1 unspecified atom stereocenters. The maximum Gasteiger partial charge on any atom is 0.267 e. The fraction of sp³-hybridized carbons (Fsp3) is 0.294. The van der Waals surface area contributed by atoms with Gasteiger partial charge in [0.25, 0.3) is 5.91 Å². The third-order valence-electron chi connectivity index (χ3n) is 4.03. The Kier molecular flexibility index (Phi) is 4.17. The summed E-state index contributed by atoms with van der Waals surface area (Å²) in [5, 5.41) is 7.68. The van der Waals surface area contributed by atoms with E-state index < -0.39 is 0 Å². The van der Waals surface area contributed by atoms with Crippen molar-refractivity contribution in [2.45, 2.75) is 33.2 Å². The number of aromatic nitrogens is 2. The second kappa shape index (κ2) is 6.12. The molecule has 1 amide bonds. The molecule has 3 aromatic rings. The predicted molar refractivity (Wildman–Crippen MR) is 91.7 cm³/mol. The van der Waals surface area contributed by atoms with E-state index in [4.69, 9.17) is 0 Å². The van der Waals surface area contributed by atoms with E-state index >= 15 is 0 Å². The lowest BCUT2D eigenvalue weighted by Gasteiger charge is -2.14. The molecule has 120 valence electrons. The first-order valence-corrected chi connectivity index (χ1v) is 8.37. The van der Waals surface area contributed by atoms with E-state index in [1.54, 1.807) is 29.9 Å². The monoisotopic (exact) mass is 331 g/mol. The molecular formula is C17H18FN3OS. The van der Waals surface area contributed by atoms with E-state index in [0.717, 1.165) is 11.1 Å². The van der Waals surface area contributed by atoms with Gasteiger partial charge in [0.15, 0.2) is 0 Å². The Morgan fingerprint density at radius 1 is 1.43 bits per heavy atom. The van der Waals surface area contributed by atoms with Crippen LogP contribution >= 0.6 is 11.3 Å². The maximum absolute atomic E-state index is 14.0. The van der Waals surface area contributed by atoms with Gasteiger partial charge in [0.05, 0.1) is 17.1 Å². The summed E-state index contributed by atoms with van der Waals surface area (Å²) in [4.78, 5) is 13.1. The van der Waals surface area contributed by atoms with Gasteiger partial charge in [-0.3, -0.25) is 4.79 Å². The van der Waals surface area contributed by atoms with Crippen molar-refractivity contribution in [1.29, 1.82) is 0 Å². The molecule has 3 rings (SSSR count). The van der Waals surface area contributed by atoms with E-state index in [2.05, 4.69) is 17.3 Å². The number of anilines is 1. The largest absolute Gasteiger partial charge is 0.306 e. The van der Waals surface area contributed by atoms with Crippen LogP contribution in [0.2, 0.25) is 0 Å². The highest BCUT2D eigenvalue weighted by molar-refractivity contribution is 7.21. The summed E-state index contributed by atoms with van der Waals surface area (Å²) in [5.41, 5.74) is 0.676. The number of nitrogens with one attached hydrogen (secondary N) is 1. The number of aryl methyl sites for hydroxylation is 1. The van der Waals surface area contributed by atoms with Crippen molar-refractivity contribution in [2.75, 3.05) is 5.32 Å². The number of rotatable bonds is 4. The number of hydrogen-bond donors (Lipinski definition) is 1. The van der Waals surface area contributed by atoms with Crippen molar-refractivity contribution in [3.63, 3.8) is 0 Å². The molecule has 2 heterocycles. The molecule has 0 spiro atoms. The lowest BCUT2D eigenvalue weighted by Crippen LogP contribution is -2.17. The van der Waals surface area contributed by atoms with Crippen LogP contribution in [0.1, 0.15) is 41.5 Å². The Bertz CT molecular complexity index is 868. The molecule has 0 aliphatic heterocycles. The van der Waals surface area contributed by atoms with Crippen molar-refractivity contribution in [3.05, 3.63) is 46.7 Å². The molecular weight excluding hydrogens is 313 g/mol. The topological polar surface area (TPSA) is 46.9 Å². The number of carbonyl (C=O) groups excluding carboxylic acids is 1. The number of hydrogen-bond acceptors (Lipinski definition) is 3. The summed E-state index contributed by atoms with van der Waals surface area (Å²) in [7, 11) is 0. The molecule has 1 N–H and O–H groups in total. The number of fused-ring (bicyclic) bond motifs is 1. The van der Waals surface area contributed by atoms with Gasteiger partial charge in [-0.15, -0.1) is 11.3 Å². The molecule has 0 bridgehead atoms. The quantitative estimate of drug-likeness (QED) is 0.748. The summed E-state index contributed by atoms with van der Waals surface area (Å²) in [6, 6.07) is 6.87. The van der Waals surface area contributed by atoms with Gasteiger partial charge in [0.2, 0.25) is 0 Å². The van der Waals surface area contributed by atoms with Crippen LogP contribution in [0.15, 0.2) is 30.5 Å². The zero-order chi connectivity index (χ0) is 16.6. The van der Waals surface area contributed by atoms with Gasteiger partial charge in [0.1, 0.15) is 11.6 Å². The van der Waals surface area contributed by atoms with Crippen LogP contribution in [-0.4, -0.2) is 15.7 Å². The minimum Gasteiger partial charge on any atom is -0.306 e. The predicted octanol–water partition coefficient (Wildman–Crippen LogP) is 4.77. The van der Waals surface area contributed by atoms with Crippen LogP contribution < -0.4 is 5.32 Å². The van der Waals surface area contributed by atoms with Crippen molar-refractivity contribution < 1.29 is 9.18 Å². The Hall–Kier alpha value is -2.21. The highest BCUT2D eigenvalue weighted by Gasteiger charge is 2.19. The molecule has 1 atom stereocenters. The Morgan fingerprint density at radius 3 is 2.91 bits per heavy atom. The van der Waals surface area contributed by atoms with Gasteiger partial charge in [-0.1, -0.05) is 13.0 Å². The minimum absolute atomic E-state index is 0.196. The summed E-state index contributed by atoms with van der Waals surface area (Å²) in [5.74, 6) is 0.134. The first-order chi connectivity index (χ1) is 11.0.